The van der Waals surface area contributed by atoms with Gasteiger partial charge in [-0.2, -0.15) is 0 Å². The predicted molar refractivity (Wildman–Crippen MR) is 125 cm³/mol. The molecule has 2 saturated heterocycles. The lowest BCUT2D eigenvalue weighted by Gasteiger charge is -2.70. The van der Waals surface area contributed by atoms with Gasteiger partial charge in [0.15, 0.2) is 5.78 Å². The van der Waals surface area contributed by atoms with Gasteiger partial charge >= 0.3 is 0 Å². The average Bonchev–Trinajstić information content (AvgIpc) is 3.07. The lowest BCUT2D eigenvalue weighted by Crippen LogP contribution is -2.80. The Morgan fingerprint density at radius 2 is 1.81 bits per heavy atom. The Labute approximate surface area is 194 Å². The molecule has 4 nitrogen and oxygen atoms in total. The van der Waals surface area contributed by atoms with Crippen molar-refractivity contribution < 1.29 is 19.7 Å². The molecule has 0 amide bonds. The summed E-state index contributed by atoms with van der Waals surface area (Å²) in [7, 11) is 0. The molecule has 4 heteroatoms. The van der Waals surface area contributed by atoms with E-state index in [2.05, 4.69) is 34.6 Å². The molecule has 0 aromatic heterocycles. The third kappa shape index (κ3) is 2.94. The van der Waals surface area contributed by atoms with Crippen molar-refractivity contribution in [1.82, 2.24) is 0 Å². The maximum Gasteiger partial charge on any atom is 0.194 e. The zero-order valence-electron chi connectivity index (χ0n) is 21.0. The standard InChI is InChI=1S/C28H46O4/c1-16(2)7-6-8-17(3)20-9-10-21-23-22(12-13-26(20,21)5)27-14-11-19(29)15-28(27,31)25(30)24(23)32-18(27)4/h16-24,29,31H,6-15H2,1-5H3/t17-,18-,19-,20-,21+,22+,23+,24-,26-,27+,28+/m1/s1. The fourth-order valence-corrected chi connectivity index (χ4v) is 10.1. The summed E-state index contributed by atoms with van der Waals surface area (Å²) in [6, 6.07) is 0. The van der Waals surface area contributed by atoms with Gasteiger partial charge < -0.3 is 14.9 Å². The molecule has 1 spiro atoms. The molecule has 182 valence electrons. The Balaban J connectivity index is 1.43. The highest BCUT2D eigenvalue weighted by atomic mass is 16.5. The van der Waals surface area contributed by atoms with Crippen LogP contribution < -0.4 is 0 Å². The fourth-order valence-electron chi connectivity index (χ4n) is 10.1. The second-order valence-corrected chi connectivity index (χ2v) is 13.2. The zero-order chi connectivity index (χ0) is 23.1. The van der Waals surface area contributed by atoms with Gasteiger partial charge in [-0.25, -0.2) is 0 Å². The molecule has 2 heterocycles. The topological polar surface area (TPSA) is 66.8 Å². The Bertz CT molecular complexity index is 750. The molecule has 6 aliphatic rings. The number of fused-ring (bicyclic) bond motifs is 2. The third-order valence-electron chi connectivity index (χ3n) is 11.5. The van der Waals surface area contributed by atoms with Gasteiger partial charge in [0.25, 0.3) is 0 Å². The largest absolute Gasteiger partial charge is 0.393 e. The van der Waals surface area contributed by atoms with Crippen molar-refractivity contribution >= 4 is 5.78 Å². The van der Waals surface area contributed by atoms with Gasteiger partial charge in [-0.05, 0) is 86.4 Å². The Hall–Kier alpha value is -0.450. The Morgan fingerprint density at radius 3 is 2.53 bits per heavy atom. The number of ketones is 1. The van der Waals surface area contributed by atoms with Crippen LogP contribution in [0.4, 0.5) is 0 Å². The van der Waals surface area contributed by atoms with Crippen molar-refractivity contribution in [2.24, 2.45) is 46.3 Å². The number of hydrogen-bond acceptors (Lipinski definition) is 4. The minimum atomic E-state index is -1.40. The first-order valence-electron chi connectivity index (χ1n) is 13.7. The van der Waals surface area contributed by atoms with Crippen LogP contribution in [0.2, 0.25) is 0 Å². The molecular formula is C28H46O4. The second-order valence-electron chi connectivity index (χ2n) is 13.2. The Morgan fingerprint density at radius 1 is 1.06 bits per heavy atom. The van der Waals surface area contributed by atoms with Crippen LogP contribution >= 0.6 is 0 Å². The lowest BCUT2D eigenvalue weighted by molar-refractivity contribution is -0.319. The van der Waals surface area contributed by atoms with E-state index in [0.29, 0.717) is 24.7 Å². The summed E-state index contributed by atoms with van der Waals surface area (Å²) >= 11 is 0. The molecule has 0 aromatic carbocycles. The fraction of sp³-hybridized carbons (Fsp3) is 0.964. The van der Waals surface area contributed by atoms with Crippen molar-refractivity contribution in [3.63, 3.8) is 0 Å². The number of rotatable bonds is 5. The molecule has 2 N–H and O–H groups in total. The van der Waals surface area contributed by atoms with Crippen molar-refractivity contribution in [1.29, 1.82) is 0 Å². The smallest absolute Gasteiger partial charge is 0.194 e. The highest BCUT2D eigenvalue weighted by Crippen LogP contribution is 2.72. The number of carbonyl (C=O) groups is 1. The van der Waals surface area contributed by atoms with Crippen molar-refractivity contribution in [3.8, 4) is 0 Å². The highest BCUT2D eigenvalue weighted by Gasteiger charge is 2.77. The molecule has 4 saturated carbocycles. The molecule has 0 aromatic rings. The maximum atomic E-state index is 13.7. The van der Waals surface area contributed by atoms with Crippen LogP contribution in [0, 0.1) is 46.3 Å². The molecule has 0 radical (unpaired) electrons. The van der Waals surface area contributed by atoms with E-state index in [1.54, 1.807) is 0 Å². The van der Waals surface area contributed by atoms with E-state index in [9.17, 15) is 15.0 Å². The maximum absolute atomic E-state index is 13.7. The Kier molecular flexibility index (Phi) is 5.67. The van der Waals surface area contributed by atoms with Crippen LogP contribution in [-0.2, 0) is 9.53 Å². The van der Waals surface area contributed by atoms with Gasteiger partial charge in [-0.3, -0.25) is 4.79 Å². The molecule has 2 aliphatic heterocycles. The van der Waals surface area contributed by atoms with E-state index in [4.69, 9.17) is 4.74 Å². The number of hydrogen-bond donors (Lipinski definition) is 2. The number of aliphatic hydroxyl groups is 2. The summed E-state index contributed by atoms with van der Waals surface area (Å²) in [5.41, 5.74) is -1.62. The second kappa shape index (κ2) is 7.78. The predicted octanol–water partition coefficient (Wildman–Crippen LogP) is 5.14. The SMILES string of the molecule is CC(C)CCC[C@@H](C)[C@H]1CC[C@H]2[C@@H]3[C@H]4O[C@H](C)[C@@]5(CC[C@@H](O)C[C@]5(O)C4=O)[C@H]3CC[C@]12C. The number of aliphatic hydroxyl groups excluding tert-OH is 1. The van der Waals surface area contributed by atoms with Gasteiger partial charge in [0.2, 0.25) is 0 Å². The highest BCUT2D eigenvalue weighted by molar-refractivity contribution is 5.94. The molecule has 6 rings (SSSR count). The van der Waals surface area contributed by atoms with Gasteiger partial charge in [0.05, 0.1) is 12.2 Å². The molecule has 32 heavy (non-hydrogen) atoms. The van der Waals surface area contributed by atoms with Crippen LogP contribution in [0.5, 0.6) is 0 Å². The first-order chi connectivity index (χ1) is 15.1. The van der Waals surface area contributed by atoms with Gasteiger partial charge in [-0.1, -0.05) is 47.0 Å². The zero-order valence-corrected chi connectivity index (χ0v) is 21.0. The van der Waals surface area contributed by atoms with E-state index in [1.807, 2.05) is 0 Å². The molecular weight excluding hydrogens is 400 g/mol. The number of ether oxygens (including phenoxy) is 1. The third-order valence-corrected chi connectivity index (χ3v) is 11.5. The summed E-state index contributed by atoms with van der Waals surface area (Å²) in [4.78, 5) is 13.7. The molecule has 0 unspecified atom stereocenters. The van der Waals surface area contributed by atoms with Crippen LogP contribution in [0.1, 0.15) is 98.8 Å². The first kappa shape index (κ1) is 23.3. The summed E-state index contributed by atoms with van der Waals surface area (Å²) < 4.78 is 6.48. The summed E-state index contributed by atoms with van der Waals surface area (Å²) in [6.07, 6.45) is 9.18. The molecule has 2 bridgehead atoms. The average molecular weight is 447 g/mol. The van der Waals surface area contributed by atoms with Crippen LogP contribution in [0.3, 0.4) is 0 Å². The summed E-state index contributed by atoms with van der Waals surface area (Å²) in [5, 5.41) is 22.2. The molecule has 4 aliphatic carbocycles. The van der Waals surface area contributed by atoms with Crippen LogP contribution in [-0.4, -0.2) is 39.9 Å². The van der Waals surface area contributed by atoms with Crippen molar-refractivity contribution in [2.75, 3.05) is 0 Å². The van der Waals surface area contributed by atoms with Crippen molar-refractivity contribution in [2.45, 2.75) is 123 Å². The molecule has 6 fully saturated rings. The minimum Gasteiger partial charge on any atom is -0.393 e. The summed E-state index contributed by atoms with van der Waals surface area (Å²) in [6.45, 7) is 11.7. The monoisotopic (exact) mass is 446 g/mol. The van der Waals surface area contributed by atoms with E-state index < -0.39 is 23.2 Å². The first-order valence-corrected chi connectivity index (χ1v) is 13.7. The molecule has 11 atom stereocenters. The summed E-state index contributed by atoms with van der Waals surface area (Å²) in [5.74, 6) is 3.26. The minimum absolute atomic E-state index is 0.103. The van der Waals surface area contributed by atoms with Crippen LogP contribution in [0.15, 0.2) is 0 Å². The lowest BCUT2D eigenvalue weighted by atomic mass is 9.39. The van der Waals surface area contributed by atoms with Gasteiger partial charge in [0.1, 0.15) is 11.7 Å². The van der Waals surface area contributed by atoms with Crippen molar-refractivity contribution in [3.05, 3.63) is 0 Å². The quantitative estimate of drug-likeness (QED) is 0.614. The number of carbonyl (C=O) groups excluding carboxylic acids is 1. The van der Waals surface area contributed by atoms with E-state index in [0.717, 1.165) is 24.2 Å². The van der Waals surface area contributed by atoms with Gasteiger partial charge in [-0.15, -0.1) is 0 Å². The number of Topliss-reactive ketones (excluding diaryl/α,β-unsaturated/α-hetero) is 1. The normalized spacial score (nSPS) is 53.1. The van der Waals surface area contributed by atoms with E-state index in [-0.39, 0.29) is 29.6 Å². The van der Waals surface area contributed by atoms with Crippen LogP contribution in [0.25, 0.3) is 0 Å². The van der Waals surface area contributed by atoms with E-state index >= 15 is 0 Å². The van der Waals surface area contributed by atoms with Gasteiger partial charge in [0, 0.05) is 11.8 Å². The van der Waals surface area contributed by atoms with E-state index in [1.165, 1.54) is 38.5 Å².